The summed E-state index contributed by atoms with van der Waals surface area (Å²) >= 11 is 3.08. The molecule has 2 aliphatic rings. The van der Waals surface area contributed by atoms with Crippen LogP contribution >= 0.6 is 22.7 Å². The smallest absolute Gasteiger partial charge is 0.391 e. The topological polar surface area (TPSA) is 75.9 Å². The van der Waals surface area contributed by atoms with Gasteiger partial charge in [-0.25, -0.2) is 9.78 Å². The molecule has 4 heterocycles. The molecular formula is C25H24N4O3S2. The molecule has 174 valence electrons. The second kappa shape index (κ2) is 8.25. The zero-order chi connectivity index (χ0) is 23.4. The Morgan fingerprint density at radius 1 is 1.15 bits per heavy atom. The highest BCUT2D eigenvalue weighted by molar-refractivity contribution is 7.15. The third kappa shape index (κ3) is 3.69. The Bertz CT molecular complexity index is 1390. The summed E-state index contributed by atoms with van der Waals surface area (Å²) < 4.78 is 7.34. The van der Waals surface area contributed by atoms with E-state index in [4.69, 9.17) is 4.74 Å². The molecule has 1 saturated heterocycles. The molecule has 1 saturated carbocycles. The first-order valence-corrected chi connectivity index (χ1v) is 13.1. The molecule has 3 aromatic heterocycles. The number of hydrogen-bond acceptors (Lipinski definition) is 6. The van der Waals surface area contributed by atoms with Gasteiger partial charge in [0.1, 0.15) is 5.69 Å². The lowest BCUT2D eigenvalue weighted by Gasteiger charge is -2.28. The molecule has 9 heteroatoms. The molecule has 1 aliphatic heterocycles. The number of thiophene rings is 1. The van der Waals surface area contributed by atoms with E-state index in [-0.39, 0.29) is 11.9 Å². The molecule has 6 rings (SSSR count). The van der Waals surface area contributed by atoms with E-state index in [2.05, 4.69) is 41.5 Å². The first-order valence-electron chi connectivity index (χ1n) is 11.3. The van der Waals surface area contributed by atoms with Crippen molar-refractivity contribution in [1.29, 1.82) is 0 Å². The van der Waals surface area contributed by atoms with Crippen molar-refractivity contribution in [2.24, 2.45) is 11.8 Å². The molecule has 2 amide bonds. The minimum atomic E-state index is -0.525. The van der Waals surface area contributed by atoms with E-state index < -0.39 is 6.09 Å². The first kappa shape index (κ1) is 21.4. The van der Waals surface area contributed by atoms with E-state index in [1.165, 1.54) is 16.9 Å². The number of piperidine rings is 1. The highest BCUT2D eigenvalue weighted by Crippen LogP contribution is 2.50. The summed E-state index contributed by atoms with van der Waals surface area (Å²) in [4.78, 5) is 34.3. The number of hydrogen-bond donors (Lipinski definition) is 1. The van der Waals surface area contributed by atoms with E-state index in [0.29, 0.717) is 30.0 Å². The SMILES string of the molecule is Cc1ccc(-c2sccc2C(=O)N2C[C@@H]3C[C@@H]3[C@H]2CNC(=O)Oc2c(C)nc3sccn23)cc1. The van der Waals surface area contributed by atoms with Gasteiger partial charge in [-0.05, 0) is 49.1 Å². The van der Waals surface area contributed by atoms with Gasteiger partial charge >= 0.3 is 6.09 Å². The van der Waals surface area contributed by atoms with Crippen LogP contribution in [0, 0.1) is 25.7 Å². The average Bonchev–Trinajstić information content (AvgIpc) is 3.22. The molecule has 4 aromatic rings. The van der Waals surface area contributed by atoms with Crippen LogP contribution in [0.2, 0.25) is 0 Å². The fourth-order valence-electron chi connectivity index (χ4n) is 4.94. The molecule has 7 nitrogen and oxygen atoms in total. The predicted molar refractivity (Wildman–Crippen MR) is 133 cm³/mol. The number of fused-ring (bicyclic) bond motifs is 2. The third-order valence-electron chi connectivity index (χ3n) is 6.80. The Kier molecular flexibility index (Phi) is 5.18. The molecule has 3 atom stereocenters. The largest absolute Gasteiger partial charge is 0.414 e. The van der Waals surface area contributed by atoms with Gasteiger partial charge in [0.25, 0.3) is 5.91 Å². The Labute approximate surface area is 205 Å². The Morgan fingerprint density at radius 3 is 2.79 bits per heavy atom. The van der Waals surface area contributed by atoms with Gasteiger partial charge in [-0.1, -0.05) is 29.8 Å². The average molecular weight is 493 g/mol. The fourth-order valence-corrected chi connectivity index (χ4v) is 6.58. The molecule has 0 unspecified atom stereocenters. The molecule has 1 aromatic carbocycles. The van der Waals surface area contributed by atoms with Crippen LogP contribution < -0.4 is 10.1 Å². The van der Waals surface area contributed by atoms with Crippen molar-refractivity contribution < 1.29 is 14.3 Å². The van der Waals surface area contributed by atoms with Gasteiger partial charge in [0.05, 0.1) is 11.6 Å². The van der Waals surface area contributed by atoms with E-state index in [0.717, 1.165) is 33.9 Å². The van der Waals surface area contributed by atoms with Crippen molar-refractivity contribution in [2.75, 3.05) is 13.1 Å². The molecule has 0 spiro atoms. The molecule has 2 fully saturated rings. The molecule has 0 bridgehead atoms. The van der Waals surface area contributed by atoms with Gasteiger partial charge < -0.3 is 15.0 Å². The summed E-state index contributed by atoms with van der Waals surface area (Å²) in [6, 6.07) is 10.2. The number of rotatable bonds is 5. The molecule has 1 aliphatic carbocycles. The minimum Gasteiger partial charge on any atom is -0.391 e. The number of ether oxygens (including phenoxy) is 1. The van der Waals surface area contributed by atoms with Crippen LogP contribution in [0.4, 0.5) is 4.79 Å². The van der Waals surface area contributed by atoms with Crippen LogP contribution in [0.3, 0.4) is 0 Å². The summed E-state index contributed by atoms with van der Waals surface area (Å²) in [7, 11) is 0. The third-order valence-corrected chi connectivity index (χ3v) is 8.52. The highest BCUT2D eigenvalue weighted by Gasteiger charge is 2.54. The lowest BCUT2D eigenvalue weighted by atomic mass is 10.1. The number of carbonyl (C=O) groups is 2. The summed E-state index contributed by atoms with van der Waals surface area (Å²) in [6.07, 6.45) is 2.42. The summed E-state index contributed by atoms with van der Waals surface area (Å²) in [6.45, 7) is 4.99. The number of likely N-dealkylation sites (tertiary alicyclic amines) is 1. The number of thiazole rings is 1. The van der Waals surface area contributed by atoms with Crippen molar-refractivity contribution in [3.8, 4) is 16.3 Å². The Morgan fingerprint density at radius 2 is 1.97 bits per heavy atom. The summed E-state index contributed by atoms with van der Waals surface area (Å²) in [5.74, 6) is 1.43. The normalized spacial score (nSPS) is 21.0. The van der Waals surface area contributed by atoms with Crippen LogP contribution in [-0.4, -0.2) is 45.4 Å². The maximum absolute atomic E-state index is 13.6. The van der Waals surface area contributed by atoms with Gasteiger partial charge in [0.2, 0.25) is 5.88 Å². The maximum atomic E-state index is 13.6. The number of aryl methyl sites for hydroxylation is 2. The quantitative estimate of drug-likeness (QED) is 0.426. The highest BCUT2D eigenvalue weighted by atomic mass is 32.1. The number of aromatic nitrogens is 2. The lowest BCUT2D eigenvalue weighted by molar-refractivity contribution is 0.0705. The Balaban J connectivity index is 1.16. The van der Waals surface area contributed by atoms with Crippen LogP contribution in [0.15, 0.2) is 47.3 Å². The van der Waals surface area contributed by atoms with E-state index in [1.807, 2.05) is 34.8 Å². The van der Waals surface area contributed by atoms with Crippen molar-refractivity contribution in [2.45, 2.75) is 26.3 Å². The number of imidazole rings is 1. The lowest BCUT2D eigenvalue weighted by Crippen LogP contribution is -2.46. The zero-order valence-corrected chi connectivity index (χ0v) is 20.5. The predicted octanol–water partition coefficient (Wildman–Crippen LogP) is 4.99. The van der Waals surface area contributed by atoms with Gasteiger partial charge in [-0.2, -0.15) is 0 Å². The summed E-state index contributed by atoms with van der Waals surface area (Å²) in [5, 5.41) is 6.77. The minimum absolute atomic E-state index is 0.0245. The van der Waals surface area contributed by atoms with E-state index >= 15 is 0 Å². The standard InChI is InChI=1S/C25H24N4O3S2/c1-14-3-5-16(6-4-14)21-18(7-9-33-21)22(30)29-13-17-11-19(17)20(29)12-26-25(31)32-23-15(2)27-24-28(23)8-10-34-24/h3-10,17,19-20H,11-13H2,1-2H3,(H,26,31)/t17-,19-,20+/m0/s1. The second-order valence-electron chi connectivity index (χ2n) is 9.04. The number of benzene rings is 1. The molecule has 1 N–H and O–H groups in total. The maximum Gasteiger partial charge on any atom is 0.414 e. The Hall–Kier alpha value is -3.17. The van der Waals surface area contributed by atoms with Crippen LogP contribution in [0.1, 0.15) is 28.0 Å². The van der Waals surface area contributed by atoms with Gasteiger partial charge in [0, 0.05) is 29.5 Å². The van der Waals surface area contributed by atoms with Crippen LogP contribution in [0.5, 0.6) is 5.88 Å². The van der Waals surface area contributed by atoms with Gasteiger partial charge in [0.15, 0.2) is 4.96 Å². The zero-order valence-electron chi connectivity index (χ0n) is 18.9. The molecule has 34 heavy (non-hydrogen) atoms. The number of nitrogens with one attached hydrogen (secondary N) is 1. The molecular weight excluding hydrogens is 468 g/mol. The van der Waals surface area contributed by atoms with Crippen LogP contribution in [-0.2, 0) is 0 Å². The first-order chi connectivity index (χ1) is 16.5. The van der Waals surface area contributed by atoms with Crippen molar-refractivity contribution >= 4 is 39.6 Å². The van der Waals surface area contributed by atoms with E-state index in [1.54, 1.807) is 15.7 Å². The van der Waals surface area contributed by atoms with E-state index in [9.17, 15) is 9.59 Å². The summed E-state index contributed by atoms with van der Waals surface area (Å²) in [5.41, 5.74) is 3.65. The van der Waals surface area contributed by atoms with Gasteiger partial charge in [-0.3, -0.25) is 9.20 Å². The number of nitrogens with zero attached hydrogens (tertiary/aromatic N) is 3. The van der Waals surface area contributed by atoms with Crippen molar-refractivity contribution in [3.05, 3.63) is 64.1 Å². The number of amides is 2. The van der Waals surface area contributed by atoms with Crippen molar-refractivity contribution in [3.63, 3.8) is 0 Å². The van der Waals surface area contributed by atoms with Crippen molar-refractivity contribution in [1.82, 2.24) is 19.6 Å². The number of carbonyl (C=O) groups excluding carboxylic acids is 2. The van der Waals surface area contributed by atoms with Gasteiger partial charge in [-0.15, -0.1) is 22.7 Å². The van der Waals surface area contributed by atoms with Crippen LogP contribution in [0.25, 0.3) is 15.4 Å². The second-order valence-corrected chi connectivity index (χ2v) is 10.8. The fraction of sp³-hybridized carbons (Fsp3) is 0.320. The monoisotopic (exact) mass is 492 g/mol. The molecule has 0 radical (unpaired) electrons.